The van der Waals surface area contributed by atoms with Crippen molar-refractivity contribution in [2.75, 3.05) is 5.32 Å². The Labute approximate surface area is 208 Å². The number of halogens is 1. The number of amides is 1. The van der Waals surface area contributed by atoms with Crippen LogP contribution in [0.25, 0.3) is 55.8 Å². The fraction of sp³-hybridized carbons (Fsp3) is 0.115. The van der Waals surface area contributed by atoms with Gasteiger partial charge in [0.1, 0.15) is 16.7 Å². The summed E-state index contributed by atoms with van der Waals surface area (Å²) in [6.07, 6.45) is 4.93. The summed E-state index contributed by atoms with van der Waals surface area (Å²) in [5, 5.41) is 14.6. The molecular weight excluding hydrogens is 477 g/mol. The van der Waals surface area contributed by atoms with Crippen molar-refractivity contribution in [2.24, 2.45) is 5.92 Å². The van der Waals surface area contributed by atoms with Crippen molar-refractivity contribution in [2.45, 2.75) is 13.8 Å². The van der Waals surface area contributed by atoms with E-state index in [1.807, 2.05) is 42.8 Å². The molecule has 0 aliphatic carbocycles. The molecule has 36 heavy (non-hydrogen) atoms. The summed E-state index contributed by atoms with van der Waals surface area (Å²) >= 11 is 1.59. The molecule has 0 aliphatic heterocycles. The monoisotopic (exact) mass is 497 g/mol. The summed E-state index contributed by atoms with van der Waals surface area (Å²) in [6, 6.07) is 8.88. The van der Waals surface area contributed by atoms with Gasteiger partial charge >= 0.3 is 0 Å². The van der Waals surface area contributed by atoms with Gasteiger partial charge in [-0.3, -0.25) is 19.9 Å². The first-order valence-corrected chi connectivity index (χ1v) is 12.2. The molecule has 8 nitrogen and oxygen atoms in total. The van der Waals surface area contributed by atoms with Crippen LogP contribution >= 0.6 is 11.3 Å². The summed E-state index contributed by atoms with van der Waals surface area (Å²) in [4.78, 5) is 28.9. The maximum absolute atomic E-state index is 15.1. The van der Waals surface area contributed by atoms with Crippen LogP contribution in [-0.2, 0) is 4.79 Å². The number of hydrogen-bond donors (Lipinski definition) is 3. The number of carbonyl (C=O) groups is 1. The highest BCUT2D eigenvalue weighted by Crippen LogP contribution is 2.34. The molecular formula is C26H20FN7OS. The third-order valence-corrected chi connectivity index (χ3v) is 6.59. The molecule has 0 saturated carbocycles. The standard InChI is InChI=1S/C26H20FN7OS/c1-13(2)26(35)30-17-7-16(10-28-11-17)15-8-18-22(19(27)9-15)33-34-23(18)25-31-20-3-5-29-21(24(20)32-25)14-4-6-36-12-14/h3-13H,1-2H3,(H,30,35)(H,31,32)(H,33,34). The summed E-state index contributed by atoms with van der Waals surface area (Å²) in [5.41, 5.74) is 5.90. The van der Waals surface area contributed by atoms with Gasteiger partial charge in [0, 0.05) is 40.2 Å². The minimum atomic E-state index is -0.474. The molecule has 0 atom stereocenters. The fourth-order valence-electron chi connectivity index (χ4n) is 4.04. The zero-order valence-corrected chi connectivity index (χ0v) is 20.2. The Hall–Kier alpha value is -4.44. The number of H-pyrrole nitrogens is 2. The molecule has 0 aliphatic rings. The number of benzene rings is 1. The Kier molecular flexibility index (Phi) is 5.30. The van der Waals surface area contributed by atoms with Crippen molar-refractivity contribution in [1.29, 1.82) is 0 Å². The predicted molar refractivity (Wildman–Crippen MR) is 139 cm³/mol. The predicted octanol–water partition coefficient (Wildman–Crippen LogP) is 6.03. The fourth-order valence-corrected chi connectivity index (χ4v) is 4.68. The minimum absolute atomic E-state index is 0.117. The van der Waals surface area contributed by atoms with Crippen LogP contribution in [0.15, 0.2) is 59.7 Å². The zero-order chi connectivity index (χ0) is 24.8. The van der Waals surface area contributed by atoms with Gasteiger partial charge in [-0.25, -0.2) is 9.37 Å². The van der Waals surface area contributed by atoms with Gasteiger partial charge in [-0.1, -0.05) is 13.8 Å². The SMILES string of the molecule is CC(C)C(=O)Nc1cncc(-c2cc(F)c3n[nH]c(-c4nc5c(-c6ccsc6)nccc5[nH]4)c3c2)c1. The van der Waals surface area contributed by atoms with Crippen molar-refractivity contribution in [1.82, 2.24) is 30.1 Å². The number of hydrogen-bond acceptors (Lipinski definition) is 6. The zero-order valence-electron chi connectivity index (χ0n) is 19.3. The second-order valence-electron chi connectivity index (χ2n) is 8.71. The van der Waals surface area contributed by atoms with Gasteiger partial charge in [0.2, 0.25) is 5.91 Å². The lowest BCUT2D eigenvalue weighted by Gasteiger charge is -2.09. The number of nitrogens with one attached hydrogen (secondary N) is 3. The Morgan fingerprint density at radius 1 is 1.08 bits per heavy atom. The number of carbonyl (C=O) groups excluding carboxylic acids is 1. The molecule has 6 aromatic rings. The number of rotatable bonds is 5. The van der Waals surface area contributed by atoms with E-state index in [4.69, 9.17) is 4.98 Å². The van der Waals surface area contributed by atoms with E-state index in [2.05, 4.69) is 30.5 Å². The number of nitrogens with zero attached hydrogens (tertiary/aromatic N) is 4. The third kappa shape index (κ3) is 3.81. The van der Waals surface area contributed by atoms with Gasteiger partial charge in [0.05, 0.1) is 23.1 Å². The lowest BCUT2D eigenvalue weighted by molar-refractivity contribution is -0.118. The van der Waals surface area contributed by atoms with Crippen molar-refractivity contribution in [3.63, 3.8) is 0 Å². The van der Waals surface area contributed by atoms with Crippen LogP contribution in [0.1, 0.15) is 13.8 Å². The van der Waals surface area contributed by atoms with E-state index in [1.165, 1.54) is 6.07 Å². The number of fused-ring (bicyclic) bond motifs is 2. The number of pyridine rings is 2. The van der Waals surface area contributed by atoms with Crippen molar-refractivity contribution in [3.05, 3.63) is 65.5 Å². The second kappa shape index (κ2) is 8.65. The normalized spacial score (nSPS) is 11.6. The topological polar surface area (TPSA) is 112 Å². The smallest absolute Gasteiger partial charge is 0.226 e. The van der Waals surface area contributed by atoms with Gasteiger partial charge in [-0.15, -0.1) is 0 Å². The van der Waals surface area contributed by atoms with Crippen molar-refractivity contribution >= 4 is 44.9 Å². The summed E-state index contributed by atoms with van der Waals surface area (Å²) in [7, 11) is 0. The molecule has 1 aromatic carbocycles. The summed E-state index contributed by atoms with van der Waals surface area (Å²) < 4.78 is 15.1. The molecule has 178 valence electrons. The van der Waals surface area contributed by atoms with Gasteiger partial charge in [0.25, 0.3) is 0 Å². The number of anilines is 1. The number of aromatic amines is 2. The van der Waals surface area contributed by atoms with Gasteiger partial charge in [-0.2, -0.15) is 16.4 Å². The second-order valence-corrected chi connectivity index (χ2v) is 9.49. The van der Waals surface area contributed by atoms with E-state index in [0.717, 1.165) is 22.3 Å². The first-order chi connectivity index (χ1) is 17.5. The van der Waals surface area contributed by atoms with E-state index in [0.29, 0.717) is 33.7 Å². The van der Waals surface area contributed by atoms with Gasteiger partial charge < -0.3 is 10.3 Å². The highest BCUT2D eigenvalue weighted by Gasteiger charge is 2.19. The Balaban J connectivity index is 1.45. The molecule has 0 radical (unpaired) electrons. The molecule has 0 unspecified atom stereocenters. The largest absolute Gasteiger partial charge is 0.337 e. The lowest BCUT2D eigenvalue weighted by Crippen LogP contribution is -2.17. The van der Waals surface area contributed by atoms with Crippen LogP contribution in [0.2, 0.25) is 0 Å². The van der Waals surface area contributed by atoms with Crippen LogP contribution in [0.3, 0.4) is 0 Å². The highest BCUT2D eigenvalue weighted by atomic mass is 32.1. The number of aromatic nitrogens is 6. The quantitative estimate of drug-likeness (QED) is 0.269. The lowest BCUT2D eigenvalue weighted by atomic mass is 10.0. The summed E-state index contributed by atoms with van der Waals surface area (Å²) in [6.45, 7) is 3.63. The molecule has 1 amide bonds. The van der Waals surface area contributed by atoms with Crippen LogP contribution in [-0.4, -0.2) is 36.0 Å². The van der Waals surface area contributed by atoms with Crippen LogP contribution < -0.4 is 5.32 Å². The maximum Gasteiger partial charge on any atom is 0.226 e. The van der Waals surface area contributed by atoms with E-state index in [-0.39, 0.29) is 17.3 Å². The molecule has 0 bridgehead atoms. The summed E-state index contributed by atoms with van der Waals surface area (Å²) in [5.74, 6) is -0.230. The molecule has 0 saturated heterocycles. The third-order valence-electron chi connectivity index (χ3n) is 5.91. The molecule has 5 heterocycles. The van der Waals surface area contributed by atoms with Crippen molar-refractivity contribution in [3.8, 4) is 33.9 Å². The first kappa shape index (κ1) is 22.1. The number of thiophene rings is 1. The van der Waals surface area contributed by atoms with Crippen LogP contribution in [0.4, 0.5) is 10.1 Å². The molecule has 10 heteroatoms. The molecule has 5 aromatic heterocycles. The molecule has 3 N–H and O–H groups in total. The average molecular weight is 498 g/mol. The Bertz CT molecular complexity index is 1740. The number of imidazole rings is 1. The van der Waals surface area contributed by atoms with E-state index < -0.39 is 5.82 Å². The van der Waals surface area contributed by atoms with Gasteiger partial charge in [0.15, 0.2) is 11.6 Å². The van der Waals surface area contributed by atoms with Crippen LogP contribution in [0.5, 0.6) is 0 Å². The average Bonchev–Trinajstić information content (AvgIpc) is 3.63. The molecule has 0 spiro atoms. The Morgan fingerprint density at radius 2 is 1.97 bits per heavy atom. The van der Waals surface area contributed by atoms with Crippen molar-refractivity contribution < 1.29 is 9.18 Å². The van der Waals surface area contributed by atoms with E-state index >= 15 is 4.39 Å². The molecule has 6 rings (SSSR count). The van der Waals surface area contributed by atoms with Gasteiger partial charge in [-0.05, 0) is 41.3 Å². The van der Waals surface area contributed by atoms with E-state index in [9.17, 15) is 4.79 Å². The first-order valence-electron chi connectivity index (χ1n) is 11.3. The Morgan fingerprint density at radius 3 is 2.78 bits per heavy atom. The van der Waals surface area contributed by atoms with E-state index in [1.54, 1.807) is 36.0 Å². The minimum Gasteiger partial charge on any atom is -0.337 e. The maximum atomic E-state index is 15.1. The molecule has 0 fully saturated rings. The van der Waals surface area contributed by atoms with Crippen LogP contribution in [0, 0.1) is 11.7 Å². The highest BCUT2D eigenvalue weighted by molar-refractivity contribution is 7.08.